The molecule has 2 aromatic rings. The number of nitrogens with one attached hydrogen (secondary N) is 1. The predicted octanol–water partition coefficient (Wildman–Crippen LogP) is 3.30. The molecule has 1 aliphatic carbocycles. The molecule has 0 aliphatic heterocycles. The van der Waals surface area contributed by atoms with Crippen LogP contribution in [0.1, 0.15) is 46.6 Å². The molecule has 1 heterocycles. The number of fused-ring (bicyclic) bond motifs is 1. The minimum Gasteiger partial charge on any atom is -0.508 e. The highest BCUT2D eigenvalue weighted by Crippen LogP contribution is 2.46. The van der Waals surface area contributed by atoms with Gasteiger partial charge in [0.25, 0.3) is 0 Å². The van der Waals surface area contributed by atoms with Crippen molar-refractivity contribution in [2.45, 2.75) is 39.7 Å². The van der Waals surface area contributed by atoms with E-state index < -0.39 is 5.97 Å². The summed E-state index contributed by atoms with van der Waals surface area (Å²) in [5.41, 5.74) is 5.70. The number of aromatic carboxylic acids is 1. The Morgan fingerprint density at radius 3 is 2.83 bits per heavy atom. The van der Waals surface area contributed by atoms with Crippen molar-refractivity contribution in [3.8, 4) is 16.2 Å². The van der Waals surface area contributed by atoms with Gasteiger partial charge < -0.3 is 10.2 Å². The normalized spacial score (nSPS) is 16.0. The standard InChI is InChI=1S/C18H22N2O3S/c1-18(2)6-5-14-13(8-18)15(17(22)23)16(24-14)12-4-3-11(21)7-10(12)9-20-19/h3-4,7,20-21H,5-6,8-9,19H2,1-2H3,(H,22,23). The van der Waals surface area contributed by atoms with E-state index in [1.54, 1.807) is 29.5 Å². The van der Waals surface area contributed by atoms with E-state index in [1.165, 1.54) is 4.88 Å². The maximum Gasteiger partial charge on any atom is 0.337 e. The second-order valence-electron chi connectivity index (χ2n) is 7.08. The predicted molar refractivity (Wildman–Crippen MR) is 95.2 cm³/mol. The number of aromatic hydroxyl groups is 1. The molecule has 5 nitrogen and oxygen atoms in total. The Hall–Kier alpha value is -1.89. The van der Waals surface area contributed by atoms with Gasteiger partial charge in [0.1, 0.15) is 5.75 Å². The molecule has 0 atom stereocenters. The van der Waals surface area contributed by atoms with E-state index in [2.05, 4.69) is 19.3 Å². The van der Waals surface area contributed by atoms with Crippen molar-refractivity contribution in [1.82, 2.24) is 5.43 Å². The molecule has 0 radical (unpaired) electrons. The van der Waals surface area contributed by atoms with Crippen molar-refractivity contribution in [1.29, 1.82) is 0 Å². The highest BCUT2D eigenvalue weighted by Gasteiger charge is 2.33. The Bertz CT molecular complexity index is 796. The molecule has 128 valence electrons. The maximum absolute atomic E-state index is 12.0. The van der Waals surface area contributed by atoms with Gasteiger partial charge in [0.05, 0.1) is 5.56 Å². The molecule has 5 N–H and O–H groups in total. The van der Waals surface area contributed by atoms with Crippen molar-refractivity contribution in [3.63, 3.8) is 0 Å². The molecule has 1 aromatic heterocycles. The third kappa shape index (κ3) is 3.05. The molecule has 1 aliphatic rings. The van der Waals surface area contributed by atoms with Crippen LogP contribution in [0.4, 0.5) is 0 Å². The highest BCUT2D eigenvalue weighted by molar-refractivity contribution is 7.16. The van der Waals surface area contributed by atoms with Crippen LogP contribution in [-0.4, -0.2) is 16.2 Å². The number of hydrogen-bond donors (Lipinski definition) is 4. The Balaban J connectivity index is 2.20. The molecular weight excluding hydrogens is 324 g/mol. The molecule has 0 bridgehead atoms. The molecule has 24 heavy (non-hydrogen) atoms. The van der Waals surface area contributed by atoms with Crippen LogP contribution >= 0.6 is 11.3 Å². The smallest absolute Gasteiger partial charge is 0.337 e. The molecule has 3 rings (SSSR count). The SMILES string of the molecule is CC1(C)CCc2sc(-c3ccc(O)cc3CNN)c(C(=O)O)c2C1. The van der Waals surface area contributed by atoms with Crippen molar-refractivity contribution in [2.75, 3.05) is 0 Å². The summed E-state index contributed by atoms with van der Waals surface area (Å²) in [4.78, 5) is 13.9. The van der Waals surface area contributed by atoms with Crippen molar-refractivity contribution in [2.24, 2.45) is 11.3 Å². The van der Waals surface area contributed by atoms with E-state index in [9.17, 15) is 15.0 Å². The third-order valence-corrected chi connectivity index (χ3v) is 5.94. The molecule has 0 amide bonds. The van der Waals surface area contributed by atoms with E-state index in [1.807, 2.05) is 0 Å². The fourth-order valence-corrected chi connectivity index (χ4v) is 4.76. The lowest BCUT2D eigenvalue weighted by molar-refractivity contribution is 0.0696. The summed E-state index contributed by atoms with van der Waals surface area (Å²) in [6, 6.07) is 4.99. The van der Waals surface area contributed by atoms with Crippen LogP contribution in [-0.2, 0) is 19.4 Å². The van der Waals surface area contributed by atoms with Gasteiger partial charge >= 0.3 is 5.97 Å². The van der Waals surface area contributed by atoms with Gasteiger partial charge in [-0.15, -0.1) is 11.3 Å². The summed E-state index contributed by atoms with van der Waals surface area (Å²) < 4.78 is 0. The van der Waals surface area contributed by atoms with E-state index in [0.717, 1.165) is 40.8 Å². The number of phenolic OH excluding ortho intramolecular Hbond substituents is 1. The van der Waals surface area contributed by atoms with Gasteiger partial charge in [-0.25, -0.2) is 4.79 Å². The molecule has 6 heteroatoms. The molecule has 0 saturated heterocycles. The van der Waals surface area contributed by atoms with Gasteiger partial charge in [-0.1, -0.05) is 13.8 Å². The van der Waals surface area contributed by atoms with Crippen LogP contribution < -0.4 is 11.3 Å². The lowest BCUT2D eigenvalue weighted by Gasteiger charge is -2.29. The first-order chi connectivity index (χ1) is 11.3. The Kier molecular flexibility index (Phi) is 4.38. The quantitative estimate of drug-likeness (QED) is 0.503. The first kappa shape index (κ1) is 17.0. The van der Waals surface area contributed by atoms with E-state index in [-0.39, 0.29) is 11.2 Å². The average Bonchev–Trinajstić information content (AvgIpc) is 2.84. The molecule has 0 saturated carbocycles. The largest absolute Gasteiger partial charge is 0.508 e. The topological polar surface area (TPSA) is 95.6 Å². The van der Waals surface area contributed by atoms with Crippen LogP contribution in [0.2, 0.25) is 0 Å². The Morgan fingerprint density at radius 1 is 1.42 bits per heavy atom. The second kappa shape index (κ2) is 6.20. The lowest BCUT2D eigenvalue weighted by atomic mass is 9.76. The fraction of sp³-hybridized carbons (Fsp3) is 0.389. The van der Waals surface area contributed by atoms with Crippen LogP contribution in [0, 0.1) is 5.41 Å². The zero-order chi connectivity index (χ0) is 17.5. The third-order valence-electron chi connectivity index (χ3n) is 4.61. The number of aryl methyl sites for hydroxylation is 1. The van der Waals surface area contributed by atoms with E-state index in [4.69, 9.17) is 5.84 Å². The summed E-state index contributed by atoms with van der Waals surface area (Å²) in [5.74, 6) is 4.70. The summed E-state index contributed by atoms with van der Waals surface area (Å²) >= 11 is 1.56. The number of thiophene rings is 1. The van der Waals surface area contributed by atoms with Crippen molar-refractivity contribution in [3.05, 3.63) is 39.8 Å². The summed E-state index contributed by atoms with van der Waals surface area (Å²) in [5, 5.41) is 19.6. The van der Waals surface area contributed by atoms with Gasteiger partial charge in [-0.3, -0.25) is 11.3 Å². The van der Waals surface area contributed by atoms with Gasteiger partial charge in [-0.05, 0) is 59.6 Å². The zero-order valence-corrected chi connectivity index (χ0v) is 14.7. The minimum absolute atomic E-state index is 0.117. The zero-order valence-electron chi connectivity index (χ0n) is 13.8. The maximum atomic E-state index is 12.0. The van der Waals surface area contributed by atoms with Gasteiger partial charge in [0, 0.05) is 16.3 Å². The van der Waals surface area contributed by atoms with Crippen molar-refractivity contribution < 1.29 is 15.0 Å². The van der Waals surface area contributed by atoms with Crippen LogP contribution in [0.25, 0.3) is 10.4 Å². The molecule has 1 aromatic carbocycles. The number of benzene rings is 1. The lowest BCUT2D eigenvalue weighted by Crippen LogP contribution is -2.22. The number of carbonyl (C=O) groups is 1. The Labute approximate surface area is 145 Å². The number of carboxylic acids is 1. The highest BCUT2D eigenvalue weighted by atomic mass is 32.1. The van der Waals surface area contributed by atoms with Crippen LogP contribution in [0.3, 0.4) is 0 Å². The first-order valence-electron chi connectivity index (χ1n) is 7.96. The molecule has 0 spiro atoms. The van der Waals surface area contributed by atoms with Gasteiger partial charge in [0.15, 0.2) is 0 Å². The summed E-state index contributed by atoms with van der Waals surface area (Å²) in [7, 11) is 0. The van der Waals surface area contributed by atoms with E-state index in [0.29, 0.717) is 12.1 Å². The second-order valence-corrected chi connectivity index (χ2v) is 8.18. The van der Waals surface area contributed by atoms with Crippen LogP contribution in [0.5, 0.6) is 5.75 Å². The summed E-state index contributed by atoms with van der Waals surface area (Å²) in [6.45, 7) is 4.73. The number of rotatable bonds is 4. The van der Waals surface area contributed by atoms with E-state index >= 15 is 0 Å². The first-order valence-corrected chi connectivity index (χ1v) is 8.77. The Morgan fingerprint density at radius 2 is 2.17 bits per heavy atom. The van der Waals surface area contributed by atoms with Crippen LogP contribution in [0.15, 0.2) is 18.2 Å². The van der Waals surface area contributed by atoms with Crippen molar-refractivity contribution >= 4 is 17.3 Å². The monoisotopic (exact) mass is 346 g/mol. The summed E-state index contributed by atoms with van der Waals surface area (Å²) in [6.07, 6.45) is 2.75. The number of nitrogens with two attached hydrogens (primary N) is 1. The molecular formula is C18H22N2O3S. The minimum atomic E-state index is -0.889. The fourth-order valence-electron chi connectivity index (χ4n) is 3.39. The van der Waals surface area contributed by atoms with Gasteiger partial charge in [0.2, 0.25) is 0 Å². The number of hydrazine groups is 1. The van der Waals surface area contributed by atoms with Gasteiger partial charge in [-0.2, -0.15) is 0 Å². The molecule has 0 fully saturated rings. The number of hydrogen-bond acceptors (Lipinski definition) is 5. The average molecular weight is 346 g/mol. The number of phenols is 1. The number of carboxylic acid groups (broad SMARTS) is 1. The molecule has 0 unspecified atom stereocenters.